The number of ether oxygens (including phenoxy) is 2. The molecule has 1 aliphatic rings. The van der Waals surface area contributed by atoms with Crippen LogP contribution in [0.25, 0.3) is 0 Å². The van der Waals surface area contributed by atoms with E-state index < -0.39 is 39.9 Å². The largest absolute Gasteiger partial charge is 0.486 e. The highest BCUT2D eigenvalue weighted by molar-refractivity contribution is 9.10. The fourth-order valence-electron chi connectivity index (χ4n) is 5.24. The van der Waals surface area contributed by atoms with Crippen LogP contribution in [0.2, 0.25) is 0 Å². The number of fused-ring (bicyclic) bond motifs is 1. The summed E-state index contributed by atoms with van der Waals surface area (Å²) in [6.45, 7) is 5.47. The summed E-state index contributed by atoms with van der Waals surface area (Å²) in [7, 11) is -4.42. The van der Waals surface area contributed by atoms with Gasteiger partial charge in [-0.25, -0.2) is 12.8 Å². The van der Waals surface area contributed by atoms with Gasteiger partial charge in [-0.1, -0.05) is 58.4 Å². The van der Waals surface area contributed by atoms with Crippen LogP contribution in [0.15, 0.2) is 106 Å². The normalized spacial score (nSPS) is 13.4. The molecule has 1 aliphatic heterocycles. The second-order valence-corrected chi connectivity index (χ2v) is 15.2. The van der Waals surface area contributed by atoms with Gasteiger partial charge in [-0.3, -0.25) is 13.9 Å². The van der Waals surface area contributed by atoms with Gasteiger partial charge in [0.2, 0.25) is 11.8 Å². The molecule has 2 amide bonds. The van der Waals surface area contributed by atoms with Gasteiger partial charge in [-0.05, 0) is 80.4 Å². The molecule has 5 rings (SSSR count). The van der Waals surface area contributed by atoms with Gasteiger partial charge in [0, 0.05) is 29.0 Å². The molecule has 0 unspecified atom stereocenters. The maximum Gasteiger partial charge on any atom is 0.264 e. The predicted molar refractivity (Wildman–Crippen MR) is 185 cm³/mol. The first-order chi connectivity index (χ1) is 22.8. The zero-order valence-corrected chi connectivity index (χ0v) is 29.3. The molecule has 0 fully saturated rings. The molecule has 252 valence electrons. The highest BCUT2D eigenvalue weighted by atomic mass is 79.9. The Morgan fingerprint density at radius 1 is 0.875 bits per heavy atom. The minimum atomic E-state index is -4.42. The number of carbonyl (C=O) groups is 2. The summed E-state index contributed by atoms with van der Waals surface area (Å²) in [5.41, 5.74) is 1.01. The first-order valence-electron chi connectivity index (χ1n) is 15.4. The number of anilines is 1. The summed E-state index contributed by atoms with van der Waals surface area (Å²) in [5.74, 6) is -0.932. The van der Waals surface area contributed by atoms with E-state index in [1.54, 1.807) is 0 Å². The molecule has 12 heteroatoms. The number of nitrogens with zero attached hydrogens (tertiary/aromatic N) is 2. The van der Waals surface area contributed by atoms with Crippen molar-refractivity contribution in [2.75, 3.05) is 24.1 Å². The molecule has 0 aliphatic carbocycles. The van der Waals surface area contributed by atoms with Gasteiger partial charge in [0.15, 0.2) is 11.5 Å². The van der Waals surface area contributed by atoms with Crippen molar-refractivity contribution >= 4 is 43.5 Å². The topological polar surface area (TPSA) is 105 Å². The van der Waals surface area contributed by atoms with Crippen molar-refractivity contribution < 1.29 is 31.9 Å². The molecule has 0 spiro atoms. The smallest absolute Gasteiger partial charge is 0.264 e. The molecule has 0 radical (unpaired) electrons. The first kappa shape index (κ1) is 34.9. The van der Waals surface area contributed by atoms with Crippen molar-refractivity contribution in [3.05, 3.63) is 118 Å². The van der Waals surface area contributed by atoms with Crippen molar-refractivity contribution in [2.45, 2.75) is 50.2 Å². The van der Waals surface area contributed by atoms with Crippen molar-refractivity contribution in [3.8, 4) is 11.5 Å². The fraction of sp³-hybridized carbons (Fsp3) is 0.278. The maximum absolute atomic E-state index is 14.6. The zero-order valence-electron chi connectivity index (χ0n) is 26.9. The number of carbonyl (C=O) groups excluding carboxylic acids is 2. The third kappa shape index (κ3) is 8.73. The van der Waals surface area contributed by atoms with E-state index in [0.717, 1.165) is 32.0 Å². The van der Waals surface area contributed by atoms with E-state index in [-0.39, 0.29) is 41.8 Å². The number of sulfonamides is 1. The van der Waals surface area contributed by atoms with E-state index in [4.69, 9.17) is 9.47 Å². The lowest BCUT2D eigenvalue weighted by Crippen LogP contribution is -2.56. The number of halogens is 2. The van der Waals surface area contributed by atoms with Crippen molar-refractivity contribution in [1.82, 2.24) is 10.2 Å². The Hall–Kier alpha value is -4.42. The van der Waals surface area contributed by atoms with Gasteiger partial charge in [-0.15, -0.1) is 0 Å². The van der Waals surface area contributed by atoms with Crippen molar-refractivity contribution in [2.24, 2.45) is 0 Å². The van der Waals surface area contributed by atoms with Gasteiger partial charge < -0.3 is 19.7 Å². The highest BCUT2D eigenvalue weighted by Crippen LogP contribution is 2.34. The van der Waals surface area contributed by atoms with Gasteiger partial charge in [-0.2, -0.15) is 0 Å². The molecule has 9 nitrogen and oxygen atoms in total. The van der Waals surface area contributed by atoms with Crippen LogP contribution in [-0.2, 0) is 32.6 Å². The summed E-state index contributed by atoms with van der Waals surface area (Å²) in [5, 5.41) is 3.01. The summed E-state index contributed by atoms with van der Waals surface area (Å²) >= 11 is 3.44. The number of rotatable bonds is 11. The monoisotopic (exact) mass is 737 g/mol. The number of hydrogen-bond donors (Lipinski definition) is 1. The third-order valence-corrected chi connectivity index (χ3v) is 9.83. The maximum atomic E-state index is 14.6. The van der Waals surface area contributed by atoms with Gasteiger partial charge in [0.1, 0.15) is 31.6 Å². The minimum Gasteiger partial charge on any atom is -0.486 e. The molecular weight excluding hydrogens is 701 g/mol. The molecule has 1 heterocycles. The van der Waals surface area contributed by atoms with Crippen LogP contribution < -0.4 is 19.1 Å². The Morgan fingerprint density at radius 3 is 2.17 bits per heavy atom. The average molecular weight is 739 g/mol. The Labute approximate surface area is 288 Å². The molecular formula is C36H37BrFN3O6S. The summed E-state index contributed by atoms with van der Waals surface area (Å²) in [4.78, 5) is 29.8. The molecule has 4 aromatic rings. The minimum absolute atomic E-state index is 0.0164. The lowest BCUT2D eigenvalue weighted by atomic mass is 10.0. The highest BCUT2D eigenvalue weighted by Gasteiger charge is 2.36. The second-order valence-electron chi connectivity index (χ2n) is 12.4. The molecule has 4 aromatic carbocycles. The third-order valence-electron chi connectivity index (χ3n) is 7.53. The molecule has 0 saturated heterocycles. The van der Waals surface area contributed by atoms with E-state index in [1.807, 2.05) is 75.4 Å². The first-order valence-corrected chi connectivity index (χ1v) is 17.6. The van der Waals surface area contributed by atoms with Gasteiger partial charge in [0.05, 0.1) is 10.6 Å². The SMILES string of the molecule is CC(C)(C)NC(=O)[C@H](Cc1ccccc1)N(Cc1ccc(Br)cc1)C(=O)CN(c1ccc(F)cc1)S(=O)(=O)c1ccc2c(c1)OCCO2. The zero-order chi connectivity index (χ0) is 34.5. The molecule has 0 saturated carbocycles. The van der Waals surface area contributed by atoms with Crippen LogP contribution in [0.4, 0.5) is 10.1 Å². The van der Waals surface area contributed by atoms with Gasteiger partial charge in [0.25, 0.3) is 10.0 Å². The number of benzene rings is 4. The Bertz CT molecular complexity index is 1850. The van der Waals surface area contributed by atoms with Crippen molar-refractivity contribution in [1.29, 1.82) is 0 Å². The standard InChI is InChI=1S/C36H37BrFN3O6S/c1-36(2,3)39-35(43)31(21-25-7-5-4-6-8-25)40(23-26-9-11-27(37)12-10-26)34(42)24-41(29-15-13-28(38)14-16-29)48(44,45)30-17-18-32-33(22-30)47-20-19-46-32/h4-18,22,31H,19-21,23-24H2,1-3H3,(H,39,43)/t31-/m0/s1. The molecule has 0 bridgehead atoms. The lowest BCUT2D eigenvalue weighted by Gasteiger charge is -2.35. The lowest BCUT2D eigenvalue weighted by molar-refractivity contribution is -0.140. The van der Waals surface area contributed by atoms with Crippen LogP contribution in [-0.4, -0.2) is 56.5 Å². The summed E-state index contributed by atoms with van der Waals surface area (Å²) in [6, 6.07) is 24.7. The van der Waals surface area contributed by atoms with Gasteiger partial charge >= 0.3 is 0 Å². The van der Waals surface area contributed by atoms with E-state index in [1.165, 1.54) is 35.2 Å². The number of hydrogen-bond acceptors (Lipinski definition) is 6. The average Bonchev–Trinajstić information content (AvgIpc) is 3.06. The quantitative estimate of drug-likeness (QED) is 0.199. The Morgan fingerprint density at radius 2 is 1.52 bits per heavy atom. The Kier molecular flexibility index (Phi) is 10.7. The van der Waals surface area contributed by atoms with E-state index in [2.05, 4.69) is 21.2 Å². The summed E-state index contributed by atoms with van der Waals surface area (Å²) < 4.78 is 55.6. The van der Waals surface area contributed by atoms with Crippen LogP contribution in [0.1, 0.15) is 31.9 Å². The molecule has 48 heavy (non-hydrogen) atoms. The summed E-state index contributed by atoms with van der Waals surface area (Å²) in [6.07, 6.45) is 0.177. The predicted octanol–water partition coefficient (Wildman–Crippen LogP) is 6.11. The Balaban J connectivity index is 1.58. The van der Waals surface area contributed by atoms with Crippen molar-refractivity contribution in [3.63, 3.8) is 0 Å². The van der Waals surface area contributed by atoms with Crippen LogP contribution in [0, 0.1) is 5.82 Å². The van der Waals surface area contributed by atoms with E-state index in [9.17, 15) is 22.4 Å². The van der Waals surface area contributed by atoms with E-state index in [0.29, 0.717) is 12.4 Å². The molecule has 1 N–H and O–H groups in total. The van der Waals surface area contributed by atoms with Crippen LogP contribution >= 0.6 is 15.9 Å². The fourth-order valence-corrected chi connectivity index (χ4v) is 6.94. The second kappa shape index (κ2) is 14.8. The molecule has 1 atom stereocenters. The molecule has 0 aromatic heterocycles. The van der Waals surface area contributed by atoms with Crippen LogP contribution in [0.5, 0.6) is 11.5 Å². The number of nitrogens with one attached hydrogen (secondary N) is 1. The number of amides is 2. The van der Waals surface area contributed by atoms with Crippen LogP contribution in [0.3, 0.4) is 0 Å². The van der Waals surface area contributed by atoms with E-state index >= 15 is 0 Å².